The van der Waals surface area contributed by atoms with E-state index in [1.165, 1.54) is 41.5 Å². The molecule has 2 aromatic rings. The van der Waals surface area contributed by atoms with Crippen molar-refractivity contribution in [2.75, 3.05) is 6.61 Å². The SMILES string of the molecule is CC1(NC(=O)OCC2c3ccccc3-c3ccccc32)CCCCC1. The molecule has 3 heteroatoms. The fraction of sp³-hybridized carbons (Fsp3) is 0.409. The lowest BCUT2D eigenvalue weighted by Crippen LogP contribution is -2.47. The Labute approximate surface area is 149 Å². The summed E-state index contributed by atoms with van der Waals surface area (Å²) in [7, 11) is 0. The minimum absolute atomic E-state index is 0.110. The third-order valence-corrected chi connectivity index (χ3v) is 5.70. The summed E-state index contributed by atoms with van der Waals surface area (Å²) in [5.41, 5.74) is 4.90. The van der Waals surface area contributed by atoms with Gasteiger partial charge in [-0.15, -0.1) is 0 Å². The van der Waals surface area contributed by atoms with E-state index < -0.39 is 0 Å². The maximum Gasteiger partial charge on any atom is 0.407 e. The average molecular weight is 335 g/mol. The summed E-state index contributed by atoms with van der Waals surface area (Å²) in [5.74, 6) is 0.123. The van der Waals surface area contributed by atoms with Gasteiger partial charge in [0.25, 0.3) is 0 Å². The van der Waals surface area contributed by atoms with Gasteiger partial charge in [-0.1, -0.05) is 67.8 Å². The summed E-state index contributed by atoms with van der Waals surface area (Å²) < 4.78 is 5.66. The lowest BCUT2D eigenvalue weighted by atomic mass is 9.83. The quantitative estimate of drug-likeness (QED) is 0.832. The number of amides is 1. The average Bonchev–Trinajstić information content (AvgIpc) is 2.94. The van der Waals surface area contributed by atoms with Gasteiger partial charge in [0.1, 0.15) is 6.61 Å². The molecule has 0 spiro atoms. The fourth-order valence-corrected chi connectivity index (χ4v) is 4.34. The Morgan fingerprint density at radius 1 is 1.00 bits per heavy atom. The van der Waals surface area contributed by atoms with E-state index in [9.17, 15) is 4.79 Å². The monoisotopic (exact) mass is 335 g/mol. The lowest BCUT2D eigenvalue weighted by Gasteiger charge is -2.34. The van der Waals surface area contributed by atoms with Crippen LogP contribution in [-0.2, 0) is 4.74 Å². The van der Waals surface area contributed by atoms with Crippen LogP contribution in [0.4, 0.5) is 4.79 Å². The van der Waals surface area contributed by atoms with E-state index in [1.54, 1.807) is 0 Å². The third-order valence-electron chi connectivity index (χ3n) is 5.70. The number of fused-ring (bicyclic) bond motifs is 3. The van der Waals surface area contributed by atoms with Crippen LogP contribution in [0.1, 0.15) is 56.1 Å². The minimum Gasteiger partial charge on any atom is -0.449 e. The third kappa shape index (κ3) is 3.15. The molecule has 2 aliphatic carbocycles. The number of benzene rings is 2. The van der Waals surface area contributed by atoms with Crippen molar-refractivity contribution in [2.45, 2.75) is 50.5 Å². The molecule has 0 heterocycles. The highest BCUT2D eigenvalue weighted by atomic mass is 16.5. The van der Waals surface area contributed by atoms with E-state index >= 15 is 0 Å². The molecule has 25 heavy (non-hydrogen) atoms. The van der Waals surface area contributed by atoms with E-state index in [2.05, 4.69) is 60.8 Å². The second-order valence-corrected chi connectivity index (χ2v) is 7.57. The number of alkyl carbamates (subject to hydrolysis) is 1. The van der Waals surface area contributed by atoms with Gasteiger partial charge in [0, 0.05) is 11.5 Å². The first-order chi connectivity index (χ1) is 12.2. The fourth-order valence-electron chi connectivity index (χ4n) is 4.34. The van der Waals surface area contributed by atoms with Gasteiger partial charge in [0.15, 0.2) is 0 Å². The van der Waals surface area contributed by atoms with Crippen molar-refractivity contribution >= 4 is 6.09 Å². The van der Waals surface area contributed by atoms with Crippen LogP contribution >= 0.6 is 0 Å². The second kappa shape index (κ2) is 6.55. The molecule has 0 aliphatic heterocycles. The molecule has 1 N–H and O–H groups in total. The van der Waals surface area contributed by atoms with E-state index in [1.807, 2.05) is 0 Å². The molecule has 0 bridgehead atoms. The topological polar surface area (TPSA) is 38.3 Å². The molecule has 0 saturated heterocycles. The molecule has 0 atom stereocenters. The summed E-state index contributed by atoms with van der Waals surface area (Å²) in [6.07, 6.45) is 5.42. The van der Waals surface area contributed by atoms with Gasteiger partial charge in [-0.2, -0.15) is 0 Å². The van der Waals surface area contributed by atoms with Crippen molar-refractivity contribution in [3.05, 3.63) is 59.7 Å². The molecule has 4 rings (SSSR count). The molecule has 3 nitrogen and oxygen atoms in total. The number of hydrogen-bond acceptors (Lipinski definition) is 2. The van der Waals surface area contributed by atoms with Gasteiger partial charge in [0.05, 0.1) is 0 Å². The van der Waals surface area contributed by atoms with E-state index in [4.69, 9.17) is 4.74 Å². The zero-order valence-electron chi connectivity index (χ0n) is 14.8. The second-order valence-electron chi connectivity index (χ2n) is 7.57. The van der Waals surface area contributed by atoms with Gasteiger partial charge < -0.3 is 10.1 Å². The van der Waals surface area contributed by atoms with Crippen LogP contribution in [0, 0.1) is 0 Å². The Hall–Kier alpha value is -2.29. The van der Waals surface area contributed by atoms with E-state index in [-0.39, 0.29) is 17.6 Å². The number of nitrogens with one attached hydrogen (secondary N) is 1. The van der Waals surface area contributed by atoms with E-state index in [0.29, 0.717) is 6.61 Å². The summed E-state index contributed by atoms with van der Waals surface area (Å²) in [6, 6.07) is 16.8. The van der Waals surface area contributed by atoms with Crippen LogP contribution in [0.2, 0.25) is 0 Å². The molecule has 1 amide bonds. The van der Waals surface area contributed by atoms with Crippen LogP contribution < -0.4 is 5.32 Å². The molecule has 1 saturated carbocycles. The molecular weight excluding hydrogens is 310 g/mol. The van der Waals surface area contributed by atoms with Crippen LogP contribution in [0.15, 0.2) is 48.5 Å². The van der Waals surface area contributed by atoms with Crippen molar-refractivity contribution in [3.63, 3.8) is 0 Å². The summed E-state index contributed by atoms with van der Waals surface area (Å²) in [5, 5.41) is 3.11. The largest absolute Gasteiger partial charge is 0.449 e. The summed E-state index contributed by atoms with van der Waals surface area (Å²) in [6.45, 7) is 2.52. The van der Waals surface area contributed by atoms with Gasteiger partial charge in [-0.25, -0.2) is 4.79 Å². The number of rotatable bonds is 3. The van der Waals surface area contributed by atoms with Crippen molar-refractivity contribution in [1.29, 1.82) is 0 Å². The molecule has 1 fully saturated rings. The molecule has 130 valence electrons. The molecule has 0 unspecified atom stereocenters. The minimum atomic E-state index is -0.286. The van der Waals surface area contributed by atoms with Crippen molar-refractivity contribution in [3.8, 4) is 11.1 Å². The Bertz CT molecular complexity index is 732. The van der Waals surface area contributed by atoms with Crippen LogP contribution in [-0.4, -0.2) is 18.2 Å². The first-order valence-electron chi connectivity index (χ1n) is 9.29. The first-order valence-corrected chi connectivity index (χ1v) is 9.29. The zero-order chi connectivity index (χ0) is 17.3. The molecule has 0 radical (unpaired) electrons. The molecule has 2 aliphatic rings. The Kier molecular flexibility index (Phi) is 4.24. The summed E-state index contributed by atoms with van der Waals surface area (Å²) >= 11 is 0. The van der Waals surface area contributed by atoms with Crippen LogP contribution in [0.25, 0.3) is 11.1 Å². The highest BCUT2D eigenvalue weighted by Crippen LogP contribution is 2.44. The smallest absolute Gasteiger partial charge is 0.407 e. The summed E-state index contributed by atoms with van der Waals surface area (Å²) in [4.78, 5) is 12.4. The molecule has 2 aromatic carbocycles. The number of carbonyl (C=O) groups is 1. The molecule has 0 aromatic heterocycles. The van der Waals surface area contributed by atoms with Gasteiger partial charge >= 0.3 is 6.09 Å². The lowest BCUT2D eigenvalue weighted by molar-refractivity contribution is 0.124. The highest BCUT2D eigenvalue weighted by Gasteiger charge is 2.31. The Morgan fingerprint density at radius 3 is 2.16 bits per heavy atom. The van der Waals surface area contributed by atoms with Crippen molar-refractivity contribution in [1.82, 2.24) is 5.32 Å². The Balaban J connectivity index is 1.47. The first kappa shape index (κ1) is 16.2. The van der Waals surface area contributed by atoms with Gasteiger partial charge in [-0.3, -0.25) is 0 Å². The standard InChI is InChI=1S/C22H25NO2/c1-22(13-7-2-8-14-22)23-21(24)25-15-20-18-11-5-3-9-16(18)17-10-4-6-12-19(17)20/h3-6,9-12,20H,2,7-8,13-15H2,1H3,(H,23,24). The molecular formula is C22H25NO2. The predicted octanol–water partition coefficient (Wildman–Crippen LogP) is 5.25. The van der Waals surface area contributed by atoms with Gasteiger partial charge in [-0.05, 0) is 42.0 Å². The normalized spacial score (nSPS) is 18.3. The van der Waals surface area contributed by atoms with Crippen molar-refractivity contribution in [2.24, 2.45) is 0 Å². The van der Waals surface area contributed by atoms with E-state index in [0.717, 1.165) is 12.8 Å². The van der Waals surface area contributed by atoms with Crippen LogP contribution in [0.3, 0.4) is 0 Å². The number of ether oxygens (including phenoxy) is 1. The number of hydrogen-bond donors (Lipinski definition) is 1. The predicted molar refractivity (Wildman–Crippen MR) is 99.7 cm³/mol. The maximum absolute atomic E-state index is 12.4. The highest BCUT2D eigenvalue weighted by molar-refractivity contribution is 5.79. The number of carbonyl (C=O) groups excluding carboxylic acids is 1. The Morgan fingerprint density at radius 2 is 1.56 bits per heavy atom. The van der Waals surface area contributed by atoms with Crippen molar-refractivity contribution < 1.29 is 9.53 Å². The zero-order valence-corrected chi connectivity index (χ0v) is 14.8. The van der Waals surface area contributed by atoms with Gasteiger partial charge in [0.2, 0.25) is 0 Å². The van der Waals surface area contributed by atoms with Crippen LogP contribution in [0.5, 0.6) is 0 Å². The maximum atomic E-state index is 12.4.